The highest BCUT2D eigenvalue weighted by molar-refractivity contribution is 6.07. The fourth-order valence-corrected chi connectivity index (χ4v) is 3.39. The molecular weight excluding hydrogens is 416 g/mol. The largest absolute Gasteiger partial charge is 0.352 e. The van der Waals surface area contributed by atoms with E-state index in [-0.39, 0.29) is 17.5 Å². The lowest BCUT2D eigenvalue weighted by Gasteiger charge is -2.05. The average molecular weight is 438 g/mol. The molecule has 8 nitrogen and oxygen atoms in total. The van der Waals surface area contributed by atoms with Gasteiger partial charge in [-0.05, 0) is 42.8 Å². The number of hydrogen-bond acceptors (Lipinski definition) is 5. The molecule has 0 atom stereocenters. The highest BCUT2D eigenvalue weighted by atomic mass is 16.2. The van der Waals surface area contributed by atoms with Gasteiger partial charge in [0.15, 0.2) is 0 Å². The first-order valence-electron chi connectivity index (χ1n) is 10.6. The summed E-state index contributed by atoms with van der Waals surface area (Å²) < 4.78 is 0. The summed E-state index contributed by atoms with van der Waals surface area (Å²) in [5.74, 6) is -0.420. The highest BCUT2D eigenvalue weighted by Gasteiger charge is 2.16. The van der Waals surface area contributed by atoms with Crippen molar-refractivity contribution in [3.05, 3.63) is 77.5 Å². The van der Waals surface area contributed by atoms with Crippen LogP contribution < -0.4 is 10.6 Å². The molecule has 0 fully saturated rings. The van der Waals surface area contributed by atoms with Crippen molar-refractivity contribution in [3.63, 3.8) is 0 Å². The maximum Gasteiger partial charge on any atom is 0.276 e. The molecule has 0 radical (unpaired) electrons. The van der Waals surface area contributed by atoms with Crippen molar-refractivity contribution in [3.8, 4) is 17.3 Å². The number of carbonyl (C=O) groups excluding carboxylic acids is 2. The van der Waals surface area contributed by atoms with Crippen molar-refractivity contribution >= 4 is 28.8 Å². The van der Waals surface area contributed by atoms with E-state index < -0.39 is 5.91 Å². The second kappa shape index (κ2) is 9.75. The van der Waals surface area contributed by atoms with E-state index in [1.165, 1.54) is 0 Å². The van der Waals surface area contributed by atoms with E-state index in [1.807, 2.05) is 6.07 Å². The smallest absolute Gasteiger partial charge is 0.276 e. The third-order valence-corrected chi connectivity index (χ3v) is 5.07. The van der Waals surface area contributed by atoms with Gasteiger partial charge < -0.3 is 10.3 Å². The van der Waals surface area contributed by atoms with Crippen LogP contribution in [-0.2, 0) is 0 Å². The highest BCUT2D eigenvalue weighted by Crippen LogP contribution is 2.21. The number of imidazole rings is 1. The second-order valence-corrected chi connectivity index (χ2v) is 7.45. The number of amides is 2. The van der Waals surface area contributed by atoms with Gasteiger partial charge in [0, 0.05) is 12.1 Å². The molecule has 0 aliphatic heterocycles. The van der Waals surface area contributed by atoms with Gasteiger partial charge in [-0.1, -0.05) is 37.6 Å². The van der Waals surface area contributed by atoms with Crippen molar-refractivity contribution in [2.45, 2.75) is 19.8 Å². The fourth-order valence-electron chi connectivity index (χ4n) is 3.39. The summed E-state index contributed by atoms with van der Waals surface area (Å²) in [6, 6.07) is 19.5. The van der Waals surface area contributed by atoms with Crippen molar-refractivity contribution in [2.24, 2.45) is 0 Å². The summed E-state index contributed by atoms with van der Waals surface area (Å²) in [7, 11) is 0. The van der Waals surface area contributed by atoms with Gasteiger partial charge in [0.2, 0.25) is 5.95 Å². The number of hydrogen-bond donors (Lipinski definition) is 3. The number of benzene rings is 2. The van der Waals surface area contributed by atoms with Gasteiger partial charge >= 0.3 is 0 Å². The average Bonchev–Trinajstić information content (AvgIpc) is 3.26. The lowest BCUT2D eigenvalue weighted by atomic mass is 10.1. The molecule has 2 aromatic carbocycles. The minimum atomic E-state index is -0.443. The minimum Gasteiger partial charge on any atom is -0.352 e. The Morgan fingerprint density at radius 1 is 1.03 bits per heavy atom. The second-order valence-electron chi connectivity index (χ2n) is 7.45. The predicted octanol–water partition coefficient (Wildman–Crippen LogP) is 4.28. The van der Waals surface area contributed by atoms with Crippen LogP contribution in [0.3, 0.4) is 0 Å². The minimum absolute atomic E-state index is 0.201. The molecule has 8 heteroatoms. The van der Waals surface area contributed by atoms with E-state index in [1.54, 1.807) is 54.6 Å². The molecule has 0 bridgehead atoms. The summed E-state index contributed by atoms with van der Waals surface area (Å²) in [6.07, 6.45) is 1.89. The Labute approximate surface area is 190 Å². The number of H-pyrrole nitrogens is 1. The van der Waals surface area contributed by atoms with E-state index in [4.69, 9.17) is 5.26 Å². The zero-order valence-corrected chi connectivity index (χ0v) is 18.1. The summed E-state index contributed by atoms with van der Waals surface area (Å²) in [6.45, 7) is 2.66. The van der Waals surface area contributed by atoms with Crippen molar-refractivity contribution in [1.29, 1.82) is 5.26 Å². The molecule has 164 valence electrons. The van der Waals surface area contributed by atoms with Crippen molar-refractivity contribution < 1.29 is 9.59 Å². The number of carbonyl (C=O) groups is 2. The van der Waals surface area contributed by atoms with E-state index in [0.717, 1.165) is 18.4 Å². The van der Waals surface area contributed by atoms with Gasteiger partial charge in [-0.15, -0.1) is 0 Å². The quantitative estimate of drug-likeness (QED) is 0.372. The Morgan fingerprint density at radius 3 is 2.67 bits per heavy atom. The molecule has 0 aliphatic rings. The summed E-state index contributed by atoms with van der Waals surface area (Å²) in [5.41, 5.74) is 3.61. The molecule has 0 spiro atoms. The van der Waals surface area contributed by atoms with Gasteiger partial charge in [-0.2, -0.15) is 5.26 Å². The molecule has 0 unspecified atom stereocenters. The van der Waals surface area contributed by atoms with Crippen molar-refractivity contribution in [1.82, 2.24) is 20.3 Å². The lowest BCUT2D eigenvalue weighted by molar-refractivity contribution is 0.0953. The Balaban J connectivity index is 1.55. The molecule has 2 heterocycles. The van der Waals surface area contributed by atoms with E-state index in [2.05, 4.69) is 38.6 Å². The van der Waals surface area contributed by atoms with Crippen molar-refractivity contribution in [2.75, 3.05) is 11.9 Å². The molecule has 3 N–H and O–H groups in total. The molecule has 4 rings (SSSR count). The Morgan fingerprint density at radius 2 is 1.85 bits per heavy atom. The first-order chi connectivity index (χ1) is 16.1. The number of para-hydroxylation sites is 1. The standard InChI is InChI=1S/C25H22N6O2/c1-2-3-13-27-23(32)18-9-5-11-20-22(18)30-25(29-20)31-24(33)21-12-6-10-19(28-21)17-8-4-7-16(14-17)15-26/h4-12,14H,2-3,13H2,1H3,(H,27,32)(H2,29,30,31,33). The van der Waals surface area contributed by atoms with E-state index in [0.29, 0.717) is 34.4 Å². The lowest BCUT2D eigenvalue weighted by Crippen LogP contribution is -2.24. The number of aromatic nitrogens is 3. The van der Waals surface area contributed by atoms with Crippen LogP contribution in [0, 0.1) is 11.3 Å². The van der Waals surface area contributed by atoms with E-state index in [9.17, 15) is 9.59 Å². The molecule has 33 heavy (non-hydrogen) atoms. The van der Waals surface area contributed by atoms with E-state index >= 15 is 0 Å². The number of nitriles is 1. The maximum absolute atomic E-state index is 12.8. The number of nitrogens with one attached hydrogen (secondary N) is 3. The Kier molecular flexibility index (Phi) is 6.41. The van der Waals surface area contributed by atoms with Gasteiger partial charge in [0.1, 0.15) is 11.2 Å². The van der Waals surface area contributed by atoms with Crippen LogP contribution in [0.25, 0.3) is 22.3 Å². The van der Waals surface area contributed by atoms with Crippen LogP contribution in [0.4, 0.5) is 5.95 Å². The molecule has 0 aliphatic carbocycles. The zero-order chi connectivity index (χ0) is 23.2. The molecule has 0 saturated carbocycles. The number of nitrogens with zero attached hydrogens (tertiary/aromatic N) is 3. The monoisotopic (exact) mass is 438 g/mol. The Bertz CT molecular complexity index is 1370. The number of unbranched alkanes of at least 4 members (excludes halogenated alkanes) is 1. The molecule has 4 aromatic rings. The topological polar surface area (TPSA) is 124 Å². The molecular formula is C25H22N6O2. The number of rotatable bonds is 7. The Hall–Kier alpha value is -4.51. The summed E-state index contributed by atoms with van der Waals surface area (Å²) in [5, 5.41) is 14.7. The van der Waals surface area contributed by atoms with Crippen LogP contribution in [0.15, 0.2) is 60.7 Å². The van der Waals surface area contributed by atoms with Gasteiger partial charge in [0.05, 0.1) is 28.4 Å². The first kappa shape index (κ1) is 21.7. The summed E-state index contributed by atoms with van der Waals surface area (Å²) in [4.78, 5) is 37.2. The first-order valence-corrected chi connectivity index (χ1v) is 10.6. The third-order valence-electron chi connectivity index (χ3n) is 5.07. The number of fused-ring (bicyclic) bond motifs is 1. The number of aromatic amines is 1. The van der Waals surface area contributed by atoms with Gasteiger partial charge in [0.25, 0.3) is 11.8 Å². The van der Waals surface area contributed by atoms with Crippen LogP contribution in [0.1, 0.15) is 46.2 Å². The van der Waals surface area contributed by atoms with Crippen LogP contribution in [0.5, 0.6) is 0 Å². The van der Waals surface area contributed by atoms with Gasteiger partial charge in [-0.25, -0.2) is 9.97 Å². The number of pyridine rings is 1. The number of anilines is 1. The molecule has 2 amide bonds. The van der Waals surface area contributed by atoms with Crippen LogP contribution in [0.2, 0.25) is 0 Å². The SMILES string of the molecule is CCCCNC(=O)c1cccc2[nH]c(NC(=O)c3cccc(-c4cccc(C#N)c4)n3)nc12. The maximum atomic E-state index is 12.8. The fraction of sp³-hybridized carbons (Fsp3) is 0.160. The summed E-state index contributed by atoms with van der Waals surface area (Å²) >= 11 is 0. The molecule has 2 aromatic heterocycles. The molecule has 0 saturated heterocycles. The normalized spacial score (nSPS) is 10.5. The van der Waals surface area contributed by atoms with Crippen LogP contribution in [-0.4, -0.2) is 33.3 Å². The predicted molar refractivity (Wildman–Crippen MR) is 126 cm³/mol. The third kappa shape index (κ3) is 4.88. The van der Waals surface area contributed by atoms with Gasteiger partial charge in [-0.3, -0.25) is 14.9 Å². The van der Waals surface area contributed by atoms with Crippen LogP contribution >= 0.6 is 0 Å². The zero-order valence-electron chi connectivity index (χ0n) is 18.1.